The predicted molar refractivity (Wildman–Crippen MR) is 52.4 cm³/mol. The summed E-state index contributed by atoms with van der Waals surface area (Å²) in [6.07, 6.45) is 0. The molecule has 0 aliphatic heterocycles. The average Bonchev–Trinajstić information content (AvgIpc) is 2.18. The lowest BCUT2D eigenvalue weighted by Gasteiger charge is -2.05. The van der Waals surface area contributed by atoms with Gasteiger partial charge in [-0.3, -0.25) is 0 Å². The maximum Gasteiger partial charge on any atom is 0.204 e. The molecule has 0 radical (unpaired) electrons. The fraction of sp³-hybridized carbons (Fsp3) is 0.200. The van der Waals surface area contributed by atoms with E-state index in [0.717, 1.165) is 5.56 Å². The molecule has 0 fully saturated rings. The summed E-state index contributed by atoms with van der Waals surface area (Å²) in [5, 5.41) is 0. The summed E-state index contributed by atoms with van der Waals surface area (Å²) in [6, 6.07) is 7.24. The van der Waals surface area contributed by atoms with E-state index in [0.29, 0.717) is 4.90 Å². The van der Waals surface area contributed by atoms with Crippen LogP contribution in [0.4, 0.5) is 0 Å². The predicted octanol–water partition coefficient (Wildman–Crippen LogP) is 1.73. The molecule has 0 aliphatic rings. The van der Waals surface area contributed by atoms with Gasteiger partial charge in [-0.25, -0.2) is 0 Å². The minimum atomic E-state index is -1.41. The Labute approximate surface area is 81.3 Å². The van der Waals surface area contributed by atoms with E-state index in [1.165, 1.54) is 7.11 Å². The van der Waals surface area contributed by atoms with Crippen molar-refractivity contribution in [1.29, 1.82) is 0 Å². The summed E-state index contributed by atoms with van der Waals surface area (Å²) >= 11 is -1.41. The fourth-order valence-corrected chi connectivity index (χ4v) is 1.61. The SMILES string of the molecule is CC#Cc1ccccc1[S+]([O-])OC. The quantitative estimate of drug-likeness (QED) is 0.530. The molecule has 1 atom stereocenters. The number of benzene rings is 1. The molecule has 68 valence electrons. The van der Waals surface area contributed by atoms with E-state index in [9.17, 15) is 4.55 Å². The van der Waals surface area contributed by atoms with Gasteiger partial charge >= 0.3 is 0 Å². The lowest BCUT2D eigenvalue weighted by Crippen LogP contribution is -2.04. The highest BCUT2D eigenvalue weighted by atomic mass is 32.2. The zero-order valence-corrected chi connectivity index (χ0v) is 8.35. The van der Waals surface area contributed by atoms with E-state index in [2.05, 4.69) is 11.8 Å². The summed E-state index contributed by atoms with van der Waals surface area (Å²) < 4.78 is 16.1. The normalized spacial score (nSPS) is 11.6. The monoisotopic (exact) mass is 194 g/mol. The van der Waals surface area contributed by atoms with Gasteiger partial charge in [0.15, 0.2) is 11.5 Å². The van der Waals surface area contributed by atoms with Crippen LogP contribution in [0.5, 0.6) is 0 Å². The van der Waals surface area contributed by atoms with Gasteiger partial charge in [-0.1, -0.05) is 18.1 Å². The van der Waals surface area contributed by atoms with Crippen LogP contribution in [0.15, 0.2) is 29.2 Å². The molecule has 1 aromatic rings. The first kappa shape index (κ1) is 10.1. The highest BCUT2D eigenvalue weighted by Crippen LogP contribution is 2.15. The first-order valence-electron chi connectivity index (χ1n) is 3.77. The van der Waals surface area contributed by atoms with Crippen molar-refractivity contribution in [3.63, 3.8) is 0 Å². The second-order valence-corrected chi connectivity index (χ2v) is 3.52. The third kappa shape index (κ3) is 2.49. The van der Waals surface area contributed by atoms with Gasteiger partial charge in [0.2, 0.25) is 4.90 Å². The number of rotatable bonds is 2. The topological polar surface area (TPSA) is 32.3 Å². The zero-order valence-electron chi connectivity index (χ0n) is 7.53. The highest BCUT2D eigenvalue weighted by molar-refractivity contribution is 7.86. The van der Waals surface area contributed by atoms with E-state index < -0.39 is 11.5 Å². The maximum atomic E-state index is 11.3. The summed E-state index contributed by atoms with van der Waals surface area (Å²) in [5.41, 5.74) is 0.755. The summed E-state index contributed by atoms with van der Waals surface area (Å²) in [5.74, 6) is 5.63. The minimum Gasteiger partial charge on any atom is -0.581 e. The second kappa shape index (κ2) is 4.93. The van der Waals surface area contributed by atoms with Gasteiger partial charge in [0.25, 0.3) is 0 Å². The molecule has 0 aromatic heterocycles. The molecule has 1 unspecified atom stereocenters. The van der Waals surface area contributed by atoms with Crippen molar-refractivity contribution in [2.45, 2.75) is 11.8 Å². The van der Waals surface area contributed by atoms with Crippen LogP contribution in [0.1, 0.15) is 12.5 Å². The molecule has 0 heterocycles. The standard InChI is InChI=1S/C10H10O2S/c1-3-6-9-7-4-5-8-10(9)13(11)12-2/h4-5,7-8H,1-2H3. The third-order valence-corrected chi connectivity index (χ3v) is 2.50. The first-order valence-corrected chi connectivity index (χ1v) is 4.85. The maximum absolute atomic E-state index is 11.3. The lowest BCUT2D eigenvalue weighted by atomic mass is 10.2. The summed E-state index contributed by atoms with van der Waals surface area (Å²) in [4.78, 5) is 0.624. The molecule has 3 heteroatoms. The van der Waals surface area contributed by atoms with Crippen molar-refractivity contribution < 1.29 is 8.74 Å². The Balaban J connectivity index is 3.09. The molecule has 0 spiro atoms. The highest BCUT2D eigenvalue weighted by Gasteiger charge is 2.14. The van der Waals surface area contributed by atoms with Crippen molar-refractivity contribution in [3.05, 3.63) is 29.8 Å². The van der Waals surface area contributed by atoms with Crippen LogP contribution in [0.2, 0.25) is 0 Å². The molecule has 1 rings (SSSR count). The Morgan fingerprint density at radius 3 is 2.69 bits per heavy atom. The molecule has 0 saturated heterocycles. The van der Waals surface area contributed by atoms with E-state index in [4.69, 9.17) is 4.18 Å². The van der Waals surface area contributed by atoms with Crippen molar-refractivity contribution in [2.75, 3.05) is 7.11 Å². The van der Waals surface area contributed by atoms with Crippen LogP contribution in [0.3, 0.4) is 0 Å². The van der Waals surface area contributed by atoms with Crippen LogP contribution in [0.25, 0.3) is 0 Å². The molecular formula is C10H10O2S. The van der Waals surface area contributed by atoms with E-state index in [-0.39, 0.29) is 0 Å². The van der Waals surface area contributed by atoms with Crippen molar-refractivity contribution >= 4 is 11.5 Å². The molecule has 0 amide bonds. The van der Waals surface area contributed by atoms with Gasteiger partial charge in [-0.05, 0) is 19.1 Å². The van der Waals surface area contributed by atoms with Gasteiger partial charge in [-0.15, -0.1) is 5.92 Å². The molecule has 0 N–H and O–H groups in total. The molecule has 0 aliphatic carbocycles. The Bertz CT molecular complexity index is 338. The first-order chi connectivity index (χ1) is 6.29. The van der Waals surface area contributed by atoms with Crippen LogP contribution >= 0.6 is 0 Å². The molecule has 2 nitrogen and oxygen atoms in total. The van der Waals surface area contributed by atoms with Crippen LogP contribution in [-0.2, 0) is 15.6 Å². The smallest absolute Gasteiger partial charge is 0.204 e. The van der Waals surface area contributed by atoms with Gasteiger partial charge in [0, 0.05) is 0 Å². The Morgan fingerprint density at radius 2 is 2.08 bits per heavy atom. The van der Waals surface area contributed by atoms with Gasteiger partial charge in [0.1, 0.15) is 0 Å². The summed E-state index contributed by atoms with van der Waals surface area (Å²) in [7, 11) is 1.41. The average molecular weight is 194 g/mol. The largest absolute Gasteiger partial charge is 0.581 e. The molecule has 0 bridgehead atoms. The summed E-state index contributed by atoms with van der Waals surface area (Å²) in [6.45, 7) is 1.74. The van der Waals surface area contributed by atoms with E-state index in [1.54, 1.807) is 13.0 Å². The van der Waals surface area contributed by atoms with Gasteiger partial charge in [-0.2, -0.15) is 4.18 Å². The Hall–Kier alpha value is -0.950. The van der Waals surface area contributed by atoms with Crippen molar-refractivity contribution in [3.8, 4) is 11.8 Å². The fourth-order valence-electron chi connectivity index (χ4n) is 0.940. The van der Waals surface area contributed by atoms with Crippen molar-refractivity contribution in [2.24, 2.45) is 0 Å². The van der Waals surface area contributed by atoms with E-state index in [1.807, 2.05) is 18.2 Å². The molecular weight excluding hydrogens is 184 g/mol. The zero-order chi connectivity index (χ0) is 9.68. The molecule has 1 aromatic carbocycles. The van der Waals surface area contributed by atoms with Crippen LogP contribution in [0, 0.1) is 11.8 Å². The van der Waals surface area contributed by atoms with Crippen LogP contribution in [-0.4, -0.2) is 11.7 Å². The second-order valence-electron chi connectivity index (χ2n) is 2.27. The third-order valence-electron chi connectivity index (χ3n) is 1.48. The Morgan fingerprint density at radius 1 is 1.38 bits per heavy atom. The van der Waals surface area contributed by atoms with Gasteiger partial charge < -0.3 is 4.55 Å². The molecule has 0 saturated carbocycles. The minimum absolute atomic E-state index is 0.624. The van der Waals surface area contributed by atoms with Crippen molar-refractivity contribution in [1.82, 2.24) is 0 Å². The number of hydrogen-bond acceptors (Lipinski definition) is 2. The lowest BCUT2D eigenvalue weighted by molar-refractivity contribution is 0.397. The van der Waals surface area contributed by atoms with E-state index >= 15 is 0 Å². The number of hydrogen-bond donors (Lipinski definition) is 0. The van der Waals surface area contributed by atoms with Crippen LogP contribution < -0.4 is 0 Å². The van der Waals surface area contributed by atoms with Gasteiger partial charge in [0.05, 0.1) is 12.7 Å². The Kier molecular flexibility index (Phi) is 3.84. The molecule has 13 heavy (non-hydrogen) atoms.